The van der Waals surface area contributed by atoms with E-state index in [9.17, 15) is 4.79 Å². The molecule has 1 heterocycles. The van der Waals surface area contributed by atoms with Gasteiger partial charge in [0.2, 0.25) is 0 Å². The largest absolute Gasteiger partial charge is 0.497 e. The SMILES string of the molecule is COC(=O)CC1CCCN1c1ccc(OCc2ccc(-c3cccc(OC)c3)c(C)c2)cc1. The molecule has 0 saturated carbocycles. The summed E-state index contributed by atoms with van der Waals surface area (Å²) >= 11 is 0. The number of ether oxygens (including phenoxy) is 3. The lowest BCUT2D eigenvalue weighted by molar-refractivity contribution is -0.140. The number of carbonyl (C=O) groups is 1. The minimum absolute atomic E-state index is 0.153. The first-order chi connectivity index (χ1) is 16.1. The topological polar surface area (TPSA) is 48.0 Å². The highest BCUT2D eigenvalue weighted by atomic mass is 16.5. The van der Waals surface area contributed by atoms with Gasteiger partial charge in [0.05, 0.1) is 20.6 Å². The molecule has 0 bridgehead atoms. The molecule has 0 amide bonds. The summed E-state index contributed by atoms with van der Waals surface area (Å²) in [6, 6.07) is 22.9. The summed E-state index contributed by atoms with van der Waals surface area (Å²) in [5, 5.41) is 0. The number of carbonyl (C=O) groups excluding carboxylic acids is 1. The zero-order valence-electron chi connectivity index (χ0n) is 19.5. The molecule has 1 atom stereocenters. The monoisotopic (exact) mass is 445 g/mol. The molecule has 1 fully saturated rings. The molecular formula is C28H31NO4. The summed E-state index contributed by atoms with van der Waals surface area (Å²) in [4.78, 5) is 14.0. The summed E-state index contributed by atoms with van der Waals surface area (Å²) in [5.74, 6) is 1.53. The van der Waals surface area contributed by atoms with Gasteiger partial charge in [-0.15, -0.1) is 0 Å². The van der Waals surface area contributed by atoms with Gasteiger partial charge in [-0.05, 0) is 78.4 Å². The van der Waals surface area contributed by atoms with Crippen LogP contribution in [0.3, 0.4) is 0 Å². The van der Waals surface area contributed by atoms with Crippen molar-refractivity contribution >= 4 is 11.7 Å². The second-order valence-corrected chi connectivity index (χ2v) is 8.43. The predicted octanol–water partition coefficient (Wildman–Crippen LogP) is 5.78. The van der Waals surface area contributed by atoms with Crippen LogP contribution < -0.4 is 14.4 Å². The highest BCUT2D eigenvalue weighted by molar-refractivity contribution is 5.71. The fraction of sp³-hybridized carbons (Fsp3) is 0.321. The van der Waals surface area contributed by atoms with Crippen LogP contribution in [0.1, 0.15) is 30.4 Å². The van der Waals surface area contributed by atoms with Gasteiger partial charge in [0.1, 0.15) is 18.1 Å². The van der Waals surface area contributed by atoms with E-state index >= 15 is 0 Å². The molecule has 0 radical (unpaired) electrons. The molecule has 1 saturated heterocycles. The van der Waals surface area contributed by atoms with Gasteiger partial charge in [0.15, 0.2) is 0 Å². The number of aryl methyl sites for hydroxylation is 1. The van der Waals surface area contributed by atoms with Gasteiger partial charge < -0.3 is 19.1 Å². The molecule has 1 unspecified atom stereocenters. The summed E-state index contributed by atoms with van der Waals surface area (Å²) in [5.41, 5.74) is 5.77. The van der Waals surface area contributed by atoms with Crippen molar-refractivity contribution in [1.82, 2.24) is 0 Å². The minimum atomic E-state index is -0.153. The second kappa shape index (κ2) is 10.4. The molecule has 0 N–H and O–H groups in total. The maximum absolute atomic E-state index is 11.7. The number of esters is 1. The Labute approximate surface area is 195 Å². The lowest BCUT2D eigenvalue weighted by atomic mass is 9.98. The number of nitrogens with zero attached hydrogens (tertiary/aromatic N) is 1. The lowest BCUT2D eigenvalue weighted by Gasteiger charge is -2.26. The summed E-state index contributed by atoms with van der Waals surface area (Å²) < 4.78 is 16.2. The second-order valence-electron chi connectivity index (χ2n) is 8.43. The van der Waals surface area contributed by atoms with E-state index in [0.29, 0.717) is 13.0 Å². The number of rotatable bonds is 8. The van der Waals surface area contributed by atoms with E-state index in [0.717, 1.165) is 47.7 Å². The molecule has 33 heavy (non-hydrogen) atoms. The van der Waals surface area contributed by atoms with Crippen molar-refractivity contribution in [3.63, 3.8) is 0 Å². The van der Waals surface area contributed by atoms with Crippen molar-refractivity contribution in [2.24, 2.45) is 0 Å². The third-order valence-corrected chi connectivity index (χ3v) is 6.25. The van der Waals surface area contributed by atoms with E-state index < -0.39 is 0 Å². The van der Waals surface area contributed by atoms with E-state index in [1.54, 1.807) is 7.11 Å². The summed E-state index contributed by atoms with van der Waals surface area (Å²) in [6.45, 7) is 3.59. The first-order valence-electron chi connectivity index (χ1n) is 11.4. The van der Waals surface area contributed by atoms with Crippen LogP contribution in [0, 0.1) is 6.92 Å². The molecule has 0 spiro atoms. The standard InChI is InChI=1S/C28H31NO4/c1-20-16-21(9-14-27(20)22-6-4-8-26(17-22)31-2)19-33-25-12-10-23(11-13-25)29-15-5-7-24(29)18-28(30)32-3/h4,6,8-14,16-17,24H,5,7,15,18-19H2,1-3H3. The Kier molecular flexibility index (Phi) is 7.18. The molecule has 3 aromatic rings. The first kappa shape index (κ1) is 22.7. The zero-order valence-corrected chi connectivity index (χ0v) is 19.5. The Bertz CT molecular complexity index is 1090. The van der Waals surface area contributed by atoms with Crippen molar-refractivity contribution in [3.8, 4) is 22.6 Å². The van der Waals surface area contributed by atoms with E-state index in [2.05, 4.69) is 54.3 Å². The van der Waals surface area contributed by atoms with E-state index in [1.807, 2.05) is 24.3 Å². The van der Waals surface area contributed by atoms with Crippen LogP contribution in [0.2, 0.25) is 0 Å². The fourth-order valence-corrected chi connectivity index (χ4v) is 4.49. The number of anilines is 1. The molecule has 172 valence electrons. The number of methoxy groups -OCH3 is 2. The lowest BCUT2D eigenvalue weighted by Crippen LogP contribution is -2.31. The van der Waals surface area contributed by atoms with Gasteiger partial charge in [-0.3, -0.25) is 4.79 Å². The van der Waals surface area contributed by atoms with Crippen LogP contribution in [0.4, 0.5) is 5.69 Å². The third kappa shape index (κ3) is 5.48. The van der Waals surface area contributed by atoms with Crippen molar-refractivity contribution in [1.29, 1.82) is 0 Å². The van der Waals surface area contributed by atoms with Crippen molar-refractivity contribution < 1.29 is 19.0 Å². The Balaban J connectivity index is 1.38. The summed E-state index contributed by atoms with van der Waals surface area (Å²) in [7, 11) is 3.13. The van der Waals surface area contributed by atoms with Gasteiger partial charge in [0, 0.05) is 18.3 Å². The highest BCUT2D eigenvalue weighted by Gasteiger charge is 2.27. The normalized spacial score (nSPS) is 15.4. The average molecular weight is 446 g/mol. The molecule has 3 aromatic carbocycles. The van der Waals surface area contributed by atoms with E-state index in [-0.39, 0.29) is 12.0 Å². The minimum Gasteiger partial charge on any atom is -0.497 e. The molecule has 4 rings (SSSR count). The predicted molar refractivity (Wildman–Crippen MR) is 131 cm³/mol. The molecule has 0 aliphatic carbocycles. The Morgan fingerprint density at radius 2 is 1.82 bits per heavy atom. The zero-order chi connectivity index (χ0) is 23.2. The Morgan fingerprint density at radius 3 is 2.55 bits per heavy atom. The van der Waals surface area contributed by atoms with Crippen LogP contribution >= 0.6 is 0 Å². The molecular weight excluding hydrogens is 414 g/mol. The Hall–Kier alpha value is -3.47. The van der Waals surface area contributed by atoms with Crippen LogP contribution in [-0.4, -0.2) is 32.8 Å². The van der Waals surface area contributed by atoms with E-state index in [4.69, 9.17) is 14.2 Å². The van der Waals surface area contributed by atoms with Gasteiger partial charge in [0.25, 0.3) is 0 Å². The third-order valence-electron chi connectivity index (χ3n) is 6.25. The Morgan fingerprint density at radius 1 is 1.00 bits per heavy atom. The highest BCUT2D eigenvalue weighted by Crippen LogP contribution is 2.30. The molecule has 1 aliphatic rings. The molecule has 0 aromatic heterocycles. The summed E-state index contributed by atoms with van der Waals surface area (Å²) in [6.07, 6.45) is 2.53. The smallest absolute Gasteiger partial charge is 0.307 e. The average Bonchev–Trinajstić information content (AvgIpc) is 3.31. The van der Waals surface area contributed by atoms with Gasteiger partial charge in [-0.25, -0.2) is 0 Å². The van der Waals surface area contributed by atoms with Gasteiger partial charge in [-0.2, -0.15) is 0 Å². The van der Waals surface area contributed by atoms with Crippen LogP contribution in [-0.2, 0) is 16.1 Å². The van der Waals surface area contributed by atoms with Crippen molar-refractivity contribution in [2.45, 2.75) is 38.8 Å². The molecule has 5 nitrogen and oxygen atoms in total. The molecule has 5 heteroatoms. The van der Waals surface area contributed by atoms with Crippen LogP contribution in [0.15, 0.2) is 66.7 Å². The van der Waals surface area contributed by atoms with Crippen LogP contribution in [0.5, 0.6) is 11.5 Å². The van der Waals surface area contributed by atoms with Crippen LogP contribution in [0.25, 0.3) is 11.1 Å². The quantitative estimate of drug-likeness (QED) is 0.411. The van der Waals surface area contributed by atoms with Crippen molar-refractivity contribution in [2.75, 3.05) is 25.7 Å². The van der Waals surface area contributed by atoms with Gasteiger partial charge in [-0.1, -0.05) is 30.3 Å². The van der Waals surface area contributed by atoms with E-state index in [1.165, 1.54) is 18.2 Å². The first-order valence-corrected chi connectivity index (χ1v) is 11.4. The maximum atomic E-state index is 11.7. The fourth-order valence-electron chi connectivity index (χ4n) is 4.49. The number of hydrogen-bond acceptors (Lipinski definition) is 5. The van der Waals surface area contributed by atoms with Gasteiger partial charge >= 0.3 is 5.97 Å². The maximum Gasteiger partial charge on any atom is 0.307 e. The number of hydrogen-bond donors (Lipinski definition) is 0. The number of benzene rings is 3. The molecule has 1 aliphatic heterocycles. The van der Waals surface area contributed by atoms with Crippen molar-refractivity contribution in [3.05, 3.63) is 77.9 Å².